The molecular weight excluding hydrogens is 390 g/mol. The van der Waals surface area contributed by atoms with E-state index in [0.29, 0.717) is 17.7 Å². The van der Waals surface area contributed by atoms with E-state index >= 15 is 0 Å². The van der Waals surface area contributed by atoms with Gasteiger partial charge in [-0.15, -0.1) is 11.8 Å². The van der Waals surface area contributed by atoms with Crippen LogP contribution in [0.3, 0.4) is 0 Å². The van der Waals surface area contributed by atoms with Gasteiger partial charge in [-0.1, -0.05) is 6.07 Å². The zero-order valence-corrected chi connectivity index (χ0v) is 17.5. The highest BCUT2D eigenvalue weighted by molar-refractivity contribution is 8.01. The zero-order chi connectivity index (χ0) is 20.8. The summed E-state index contributed by atoms with van der Waals surface area (Å²) in [6, 6.07) is 6.76. The van der Waals surface area contributed by atoms with Crippen molar-refractivity contribution in [1.82, 2.24) is 14.5 Å². The molecule has 2 aromatic heterocycles. The molecule has 0 aliphatic carbocycles. The van der Waals surface area contributed by atoms with E-state index in [4.69, 9.17) is 4.74 Å². The molecule has 2 aliphatic heterocycles. The van der Waals surface area contributed by atoms with Gasteiger partial charge >= 0.3 is 5.97 Å². The van der Waals surface area contributed by atoms with Gasteiger partial charge in [0.25, 0.3) is 0 Å². The number of amides is 1. The summed E-state index contributed by atoms with van der Waals surface area (Å²) in [5.74, 6) is 0.430. The van der Waals surface area contributed by atoms with Crippen LogP contribution >= 0.6 is 11.8 Å². The lowest BCUT2D eigenvalue weighted by atomic mass is 10.1. The van der Waals surface area contributed by atoms with Gasteiger partial charge in [0.2, 0.25) is 11.7 Å². The second kappa shape index (κ2) is 7.33. The van der Waals surface area contributed by atoms with Gasteiger partial charge in [0.1, 0.15) is 11.9 Å². The summed E-state index contributed by atoms with van der Waals surface area (Å²) in [5, 5.41) is 0. The number of aryl methyl sites for hydroxylation is 1. The number of nitrogens with zero attached hydrogens (tertiary/aromatic N) is 3. The third-order valence-electron chi connectivity index (χ3n) is 5.67. The van der Waals surface area contributed by atoms with Crippen LogP contribution in [-0.4, -0.2) is 55.4 Å². The molecule has 4 heterocycles. The van der Waals surface area contributed by atoms with Crippen molar-refractivity contribution in [2.75, 3.05) is 12.4 Å². The SMILES string of the molecule is Cc1cc(C(=O)COC(=O)[C@H]2CS[C@@]3(C)CCC(=O)N23)c(C)n1-c1ccccn1. The molecule has 29 heavy (non-hydrogen) atoms. The van der Waals surface area contributed by atoms with Crippen molar-refractivity contribution in [3.63, 3.8) is 0 Å². The zero-order valence-electron chi connectivity index (χ0n) is 16.7. The number of ether oxygens (including phenoxy) is 1. The van der Waals surface area contributed by atoms with Crippen LogP contribution in [0.5, 0.6) is 0 Å². The van der Waals surface area contributed by atoms with Gasteiger partial charge in [0.05, 0.1) is 4.87 Å². The lowest BCUT2D eigenvalue weighted by molar-refractivity contribution is -0.152. The Balaban J connectivity index is 1.46. The second-order valence-corrected chi connectivity index (χ2v) is 9.11. The quantitative estimate of drug-likeness (QED) is 0.554. The third kappa shape index (κ3) is 3.35. The molecule has 152 valence electrons. The normalized spacial score (nSPS) is 23.3. The van der Waals surface area contributed by atoms with Gasteiger partial charge in [-0.3, -0.25) is 9.59 Å². The number of thioether (sulfide) groups is 1. The van der Waals surface area contributed by atoms with E-state index < -0.39 is 12.0 Å². The molecule has 0 aromatic carbocycles. The fourth-order valence-corrected chi connectivity index (χ4v) is 5.61. The first kappa shape index (κ1) is 19.7. The molecule has 8 heteroatoms. The first-order chi connectivity index (χ1) is 13.8. The standard InChI is InChI=1S/C21H23N3O4S/c1-13-10-15(14(2)23(13)18-6-4-5-9-22-18)17(25)11-28-20(27)16-12-29-21(3)8-7-19(26)24(16)21/h4-6,9-10,16H,7-8,11-12H2,1-3H3/t16-,21+/m1/s1. The number of ketones is 1. The first-order valence-electron chi connectivity index (χ1n) is 9.58. The Kier molecular flexibility index (Phi) is 4.98. The second-order valence-electron chi connectivity index (χ2n) is 7.60. The minimum Gasteiger partial charge on any atom is -0.456 e. The van der Waals surface area contributed by atoms with Crippen molar-refractivity contribution in [3.8, 4) is 5.82 Å². The summed E-state index contributed by atoms with van der Waals surface area (Å²) >= 11 is 1.60. The maximum atomic E-state index is 12.7. The van der Waals surface area contributed by atoms with Gasteiger partial charge in [0, 0.05) is 35.3 Å². The van der Waals surface area contributed by atoms with Crippen LogP contribution in [0.25, 0.3) is 5.82 Å². The van der Waals surface area contributed by atoms with Crippen molar-refractivity contribution < 1.29 is 19.1 Å². The van der Waals surface area contributed by atoms with E-state index in [2.05, 4.69) is 4.98 Å². The molecular formula is C21H23N3O4S. The third-order valence-corrected chi connectivity index (χ3v) is 7.18. The molecule has 0 radical (unpaired) electrons. The largest absolute Gasteiger partial charge is 0.456 e. The van der Waals surface area contributed by atoms with E-state index in [0.717, 1.165) is 23.6 Å². The Hall–Kier alpha value is -2.61. The first-order valence-corrected chi connectivity index (χ1v) is 10.6. The molecule has 2 aliphatic rings. The maximum Gasteiger partial charge on any atom is 0.330 e. The Morgan fingerprint density at radius 3 is 2.86 bits per heavy atom. The van der Waals surface area contributed by atoms with Crippen molar-refractivity contribution >= 4 is 29.4 Å². The van der Waals surface area contributed by atoms with Crippen LogP contribution in [0.1, 0.15) is 41.5 Å². The fourth-order valence-electron chi connectivity index (χ4n) is 4.19. The van der Waals surface area contributed by atoms with Gasteiger partial charge in [-0.05, 0) is 45.4 Å². The smallest absolute Gasteiger partial charge is 0.330 e. The van der Waals surface area contributed by atoms with Crippen molar-refractivity contribution in [2.24, 2.45) is 0 Å². The molecule has 2 aromatic rings. The number of carbonyl (C=O) groups excluding carboxylic acids is 3. The average Bonchev–Trinajstić information content (AvgIpc) is 3.31. The molecule has 1 amide bonds. The van der Waals surface area contributed by atoms with Crippen LogP contribution < -0.4 is 0 Å². The minimum absolute atomic E-state index is 0.0234. The lowest BCUT2D eigenvalue weighted by Crippen LogP contribution is -2.46. The van der Waals surface area contributed by atoms with Crippen LogP contribution in [-0.2, 0) is 14.3 Å². The summed E-state index contributed by atoms with van der Waals surface area (Å²) < 4.78 is 7.23. The molecule has 4 rings (SSSR count). The number of esters is 1. The number of aromatic nitrogens is 2. The molecule has 0 spiro atoms. The summed E-state index contributed by atoms with van der Waals surface area (Å²) in [6.45, 7) is 5.39. The van der Waals surface area contributed by atoms with E-state index in [-0.39, 0.29) is 23.2 Å². The molecule has 0 N–H and O–H groups in total. The average molecular weight is 413 g/mol. The molecule has 7 nitrogen and oxygen atoms in total. The number of carbonyl (C=O) groups is 3. The fraction of sp³-hybridized carbons (Fsp3) is 0.429. The summed E-state index contributed by atoms with van der Waals surface area (Å²) in [4.78, 5) is 43.2. The number of fused-ring (bicyclic) bond motifs is 1. The van der Waals surface area contributed by atoms with Crippen LogP contribution in [0, 0.1) is 13.8 Å². The number of hydrogen-bond donors (Lipinski definition) is 0. The predicted octanol–water partition coefficient (Wildman–Crippen LogP) is 2.67. The monoisotopic (exact) mass is 413 g/mol. The van der Waals surface area contributed by atoms with Crippen molar-refractivity contribution in [2.45, 2.75) is 44.5 Å². The predicted molar refractivity (Wildman–Crippen MR) is 109 cm³/mol. The van der Waals surface area contributed by atoms with Gasteiger partial charge in [0.15, 0.2) is 6.61 Å². The van der Waals surface area contributed by atoms with E-state index in [1.165, 1.54) is 0 Å². The summed E-state index contributed by atoms with van der Waals surface area (Å²) in [6.07, 6.45) is 2.88. The highest BCUT2D eigenvalue weighted by Gasteiger charge is 2.53. The molecule has 2 atom stereocenters. The lowest BCUT2D eigenvalue weighted by Gasteiger charge is -2.29. The Morgan fingerprint density at radius 2 is 2.14 bits per heavy atom. The van der Waals surface area contributed by atoms with Crippen LogP contribution in [0.2, 0.25) is 0 Å². The van der Waals surface area contributed by atoms with Crippen LogP contribution in [0.15, 0.2) is 30.5 Å². The van der Waals surface area contributed by atoms with Crippen molar-refractivity contribution in [1.29, 1.82) is 0 Å². The molecule has 2 saturated heterocycles. The van der Waals surface area contributed by atoms with E-state index in [1.807, 2.05) is 43.5 Å². The molecule has 0 bridgehead atoms. The van der Waals surface area contributed by atoms with E-state index in [1.54, 1.807) is 28.9 Å². The highest BCUT2D eigenvalue weighted by Crippen LogP contribution is 2.47. The highest BCUT2D eigenvalue weighted by atomic mass is 32.2. The Bertz CT molecular complexity index is 987. The van der Waals surface area contributed by atoms with Gasteiger partial charge in [-0.25, -0.2) is 9.78 Å². The summed E-state index contributed by atoms with van der Waals surface area (Å²) in [7, 11) is 0. The van der Waals surface area contributed by atoms with Crippen LogP contribution in [0.4, 0.5) is 0 Å². The molecule has 0 saturated carbocycles. The summed E-state index contributed by atoms with van der Waals surface area (Å²) in [5.41, 5.74) is 2.13. The maximum absolute atomic E-state index is 12.7. The van der Waals surface area contributed by atoms with E-state index in [9.17, 15) is 14.4 Å². The number of rotatable bonds is 5. The topological polar surface area (TPSA) is 81.5 Å². The Morgan fingerprint density at radius 1 is 1.34 bits per heavy atom. The number of Topliss-reactive ketones (excluding diaryl/α,β-unsaturated/α-hetero) is 1. The Labute approximate surface area is 173 Å². The molecule has 0 unspecified atom stereocenters. The van der Waals surface area contributed by atoms with Crippen molar-refractivity contribution in [3.05, 3.63) is 47.4 Å². The van der Waals surface area contributed by atoms with Gasteiger partial charge in [-0.2, -0.15) is 0 Å². The molecule has 2 fully saturated rings. The number of hydrogen-bond acceptors (Lipinski definition) is 6. The van der Waals surface area contributed by atoms with Gasteiger partial charge < -0.3 is 14.2 Å². The minimum atomic E-state index is -0.617. The number of pyridine rings is 1.